The van der Waals surface area contributed by atoms with Gasteiger partial charge in [-0.25, -0.2) is 0 Å². The predicted molar refractivity (Wildman–Crippen MR) is 83.1 cm³/mol. The Hall–Kier alpha value is -3.40. The Labute approximate surface area is 132 Å². The number of nitrogens with one attached hydrogen (secondary N) is 1. The summed E-state index contributed by atoms with van der Waals surface area (Å²) < 4.78 is 5.32. The number of nitriles is 1. The van der Waals surface area contributed by atoms with Crippen LogP contribution in [0.5, 0.6) is 5.75 Å². The molecule has 7 heteroatoms. The zero-order chi connectivity index (χ0) is 16.8. The molecule has 23 heavy (non-hydrogen) atoms. The van der Waals surface area contributed by atoms with Crippen LogP contribution in [0.1, 0.15) is 11.1 Å². The fourth-order valence-corrected chi connectivity index (χ4v) is 1.92. The number of carbonyl (C=O) groups is 1. The first-order valence-electron chi connectivity index (χ1n) is 6.68. The van der Waals surface area contributed by atoms with Crippen LogP contribution in [0.4, 0.5) is 11.4 Å². The molecule has 0 unspecified atom stereocenters. The Bertz CT molecular complexity index is 796. The van der Waals surface area contributed by atoms with Gasteiger partial charge in [0.25, 0.3) is 11.6 Å². The molecule has 1 N–H and O–H groups in total. The van der Waals surface area contributed by atoms with Crippen molar-refractivity contribution in [3.8, 4) is 11.8 Å². The van der Waals surface area contributed by atoms with Crippen molar-refractivity contribution in [3.05, 3.63) is 63.7 Å². The van der Waals surface area contributed by atoms with E-state index in [1.807, 2.05) is 6.07 Å². The zero-order valence-corrected chi connectivity index (χ0v) is 12.3. The second kappa shape index (κ2) is 7.04. The van der Waals surface area contributed by atoms with E-state index in [9.17, 15) is 14.9 Å². The molecule has 0 aliphatic rings. The van der Waals surface area contributed by atoms with Gasteiger partial charge in [-0.05, 0) is 30.7 Å². The Morgan fingerprint density at radius 1 is 1.35 bits per heavy atom. The highest BCUT2D eigenvalue weighted by Crippen LogP contribution is 2.21. The molecule has 7 nitrogen and oxygen atoms in total. The third-order valence-electron chi connectivity index (χ3n) is 3.06. The van der Waals surface area contributed by atoms with Crippen molar-refractivity contribution >= 4 is 17.3 Å². The number of nitrogens with zero attached hydrogens (tertiary/aromatic N) is 2. The van der Waals surface area contributed by atoms with Gasteiger partial charge in [-0.15, -0.1) is 0 Å². The Morgan fingerprint density at radius 2 is 2.09 bits per heavy atom. The van der Waals surface area contributed by atoms with E-state index < -0.39 is 10.8 Å². The molecule has 0 aliphatic carbocycles. The highest BCUT2D eigenvalue weighted by molar-refractivity contribution is 5.92. The number of hydrogen-bond donors (Lipinski definition) is 1. The van der Waals surface area contributed by atoms with Gasteiger partial charge in [0.2, 0.25) is 0 Å². The summed E-state index contributed by atoms with van der Waals surface area (Å²) in [5.41, 5.74) is 1.34. The van der Waals surface area contributed by atoms with Crippen molar-refractivity contribution in [2.24, 2.45) is 0 Å². The molecule has 0 heterocycles. The van der Waals surface area contributed by atoms with E-state index in [2.05, 4.69) is 5.32 Å². The van der Waals surface area contributed by atoms with Gasteiger partial charge in [0.05, 0.1) is 10.5 Å². The number of benzene rings is 2. The summed E-state index contributed by atoms with van der Waals surface area (Å²) in [5, 5.41) is 22.2. The van der Waals surface area contributed by atoms with Gasteiger partial charge in [-0.1, -0.05) is 12.1 Å². The van der Waals surface area contributed by atoms with E-state index in [1.165, 1.54) is 18.2 Å². The van der Waals surface area contributed by atoms with Crippen molar-refractivity contribution in [1.82, 2.24) is 0 Å². The van der Waals surface area contributed by atoms with Gasteiger partial charge in [0, 0.05) is 17.8 Å². The maximum Gasteiger partial charge on any atom is 0.269 e. The molecule has 116 valence electrons. The Balaban J connectivity index is 2.00. The lowest BCUT2D eigenvalue weighted by atomic mass is 10.2. The van der Waals surface area contributed by atoms with E-state index >= 15 is 0 Å². The number of amides is 1. The molecule has 2 rings (SSSR count). The van der Waals surface area contributed by atoms with Crippen molar-refractivity contribution in [2.75, 3.05) is 11.9 Å². The van der Waals surface area contributed by atoms with Crippen LogP contribution < -0.4 is 10.1 Å². The first kappa shape index (κ1) is 16.0. The number of hydrogen-bond acceptors (Lipinski definition) is 5. The summed E-state index contributed by atoms with van der Waals surface area (Å²) in [6, 6.07) is 12.7. The lowest BCUT2D eigenvalue weighted by molar-refractivity contribution is -0.384. The van der Waals surface area contributed by atoms with Crippen LogP contribution in [0, 0.1) is 28.4 Å². The monoisotopic (exact) mass is 311 g/mol. The Kier molecular flexibility index (Phi) is 4.89. The summed E-state index contributed by atoms with van der Waals surface area (Å²) >= 11 is 0. The highest BCUT2D eigenvalue weighted by atomic mass is 16.6. The number of para-hydroxylation sites is 1. The number of rotatable bonds is 5. The van der Waals surface area contributed by atoms with Crippen LogP contribution in [-0.2, 0) is 4.79 Å². The van der Waals surface area contributed by atoms with Crippen molar-refractivity contribution in [3.63, 3.8) is 0 Å². The maximum atomic E-state index is 11.9. The van der Waals surface area contributed by atoms with Gasteiger partial charge >= 0.3 is 0 Å². The lowest BCUT2D eigenvalue weighted by Crippen LogP contribution is -2.20. The summed E-state index contributed by atoms with van der Waals surface area (Å²) in [4.78, 5) is 22.1. The quantitative estimate of drug-likeness (QED) is 0.675. The molecular formula is C16H13N3O4. The Morgan fingerprint density at radius 3 is 2.74 bits per heavy atom. The van der Waals surface area contributed by atoms with Crippen LogP contribution in [-0.4, -0.2) is 17.4 Å². The van der Waals surface area contributed by atoms with E-state index in [0.717, 1.165) is 0 Å². The minimum atomic E-state index is -0.499. The number of non-ortho nitro benzene ring substituents is 1. The number of aryl methyl sites for hydroxylation is 1. The third-order valence-corrected chi connectivity index (χ3v) is 3.06. The molecule has 0 saturated heterocycles. The molecule has 0 radical (unpaired) electrons. The van der Waals surface area contributed by atoms with Gasteiger partial charge in [0.15, 0.2) is 6.61 Å². The van der Waals surface area contributed by atoms with Crippen LogP contribution >= 0.6 is 0 Å². The first-order valence-corrected chi connectivity index (χ1v) is 6.68. The third kappa shape index (κ3) is 4.04. The molecule has 0 atom stereocenters. The van der Waals surface area contributed by atoms with Crippen molar-refractivity contribution in [1.29, 1.82) is 5.26 Å². The van der Waals surface area contributed by atoms with Crippen LogP contribution in [0.3, 0.4) is 0 Å². The number of nitro groups is 1. The van der Waals surface area contributed by atoms with Crippen LogP contribution in [0.15, 0.2) is 42.5 Å². The van der Waals surface area contributed by atoms with Gasteiger partial charge in [0.1, 0.15) is 11.8 Å². The minimum absolute atomic E-state index is 0.0419. The van der Waals surface area contributed by atoms with E-state index in [4.69, 9.17) is 10.00 Å². The molecule has 0 aliphatic heterocycles. The SMILES string of the molecule is Cc1cc([N+](=O)[O-])ccc1NC(=O)COc1ccccc1C#N. The normalized spacial score (nSPS) is 9.74. The number of carbonyl (C=O) groups excluding carboxylic acids is 1. The van der Waals surface area contributed by atoms with Gasteiger partial charge in [-0.2, -0.15) is 5.26 Å². The second-order valence-corrected chi connectivity index (χ2v) is 4.70. The molecule has 0 spiro atoms. The van der Waals surface area contributed by atoms with E-state index in [-0.39, 0.29) is 12.3 Å². The average molecular weight is 311 g/mol. The fraction of sp³-hybridized carbons (Fsp3) is 0.125. The zero-order valence-electron chi connectivity index (χ0n) is 12.3. The molecule has 0 aromatic heterocycles. The molecule has 1 amide bonds. The standard InChI is InChI=1S/C16H13N3O4/c1-11-8-13(19(21)22)6-7-14(11)18-16(20)10-23-15-5-3-2-4-12(15)9-17/h2-8H,10H2,1H3,(H,18,20). The lowest BCUT2D eigenvalue weighted by Gasteiger charge is -2.10. The van der Waals surface area contributed by atoms with E-state index in [1.54, 1.807) is 31.2 Å². The highest BCUT2D eigenvalue weighted by Gasteiger charge is 2.11. The van der Waals surface area contributed by atoms with Crippen LogP contribution in [0.2, 0.25) is 0 Å². The topological polar surface area (TPSA) is 105 Å². The molecule has 2 aromatic rings. The second-order valence-electron chi connectivity index (χ2n) is 4.70. The summed E-state index contributed by atoms with van der Waals surface area (Å²) in [7, 11) is 0. The molecule has 0 bridgehead atoms. The van der Waals surface area contributed by atoms with E-state index in [0.29, 0.717) is 22.6 Å². The maximum absolute atomic E-state index is 11.9. The summed E-state index contributed by atoms with van der Waals surface area (Å²) in [6.07, 6.45) is 0. The number of anilines is 1. The first-order chi connectivity index (χ1) is 11.0. The predicted octanol–water partition coefficient (Wildman–Crippen LogP) is 2.79. The summed E-state index contributed by atoms with van der Waals surface area (Å²) in [5.74, 6) is -0.0970. The number of ether oxygens (including phenoxy) is 1. The van der Waals surface area contributed by atoms with Crippen molar-refractivity contribution < 1.29 is 14.5 Å². The number of nitro benzene ring substituents is 1. The van der Waals surface area contributed by atoms with Gasteiger partial charge < -0.3 is 10.1 Å². The summed E-state index contributed by atoms with van der Waals surface area (Å²) in [6.45, 7) is 1.39. The smallest absolute Gasteiger partial charge is 0.269 e. The van der Waals surface area contributed by atoms with Crippen LogP contribution in [0.25, 0.3) is 0 Å². The molecule has 0 fully saturated rings. The molecule has 0 saturated carbocycles. The average Bonchev–Trinajstić information content (AvgIpc) is 2.54. The van der Waals surface area contributed by atoms with Gasteiger partial charge in [-0.3, -0.25) is 14.9 Å². The fourth-order valence-electron chi connectivity index (χ4n) is 1.92. The largest absolute Gasteiger partial charge is 0.482 e. The minimum Gasteiger partial charge on any atom is -0.482 e. The molecule has 2 aromatic carbocycles. The van der Waals surface area contributed by atoms with Crippen molar-refractivity contribution in [2.45, 2.75) is 6.92 Å². The molecular weight excluding hydrogens is 298 g/mol.